The largest absolute Gasteiger partial charge is 0.394 e. The fourth-order valence-corrected chi connectivity index (χ4v) is 2.15. The van der Waals surface area contributed by atoms with Gasteiger partial charge in [-0.3, -0.25) is 4.79 Å². The van der Waals surface area contributed by atoms with Crippen molar-refractivity contribution in [1.82, 2.24) is 5.32 Å². The van der Waals surface area contributed by atoms with Gasteiger partial charge in [-0.1, -0.05) is 44.2 Å². The number of hydrogen-bond acceptors (Lipinski definition) is 3. The van der Waals surface area contributed by atoms with Crippen molar-refractivity contribution in [2.75, 3.05) is 6.61 Å². The Balaban J connectivity index is 2.38. The van der Waals surface area contributed by atoms with E-state index in [1.807, 2.05) is 30.3 Å². The maximum Gasteiger partial charge on any atom is 0.237 e. The Labute approximate surface area is 121 Å². The number of benzene rings is 1. The minimum absolute atomic E-state index is 0.0463. The Hall–Kier alpha value is -1.39. The van der Waals surface area contributed by atoms with E-state index in [9.17, 15) is 9.90 Å². The summed E-state index contributed by atoms with van der Waals surface area (Å²) in [5.74, 6) is 0.244. The number of carbonyl (C=O) groups excluding carboxylic acids is 1. The molecule has 0 heterocycles. The summed E-state index contributed by atoms with van der Waals surface area (Å²) in [6.07, 6.45) is 2.15. The SMILES string of the molecule is CC(C)CC(CO)NC(=O)C(N)CCc1ccccc1. The molecule has 4 nitrogen and oxygen atoms in total. The lowest BCUT2D eigenvalue weighted by Crippen LogP contribution is -2.47. The van der Waals surface area contributed by atoms with Crippen LogP contribution >= 0.6 is 0 Å². The zero-order valence-corrected chi connectivity index (χ0v) is 12.4. The van der Waals surface area contributed by atoms with Crippen LogP contribution in [-0.4, -0.2) is 29.7 Å². The van der Waals surface area contributed by atoms with E-state index in [0.717, 1.165) is 12.8 Å². The molecule has 0 fully saturated rings. The van der Waals surface area contributed by atoms with Crippen molar-refractivity contribution >= 4 is 5.91 Å². The molecule has 0 bridgehead atoms. The van der Waals surface area contributed by atoms with E-state index >= 15 is 0 Å². The molecule has 1 aromatic rings. The first-order valence-corrected chi connectivity index (χ1v) is 7.23. The van der Waals surface area contributed by atoms with Gasteiger partial charge in [0, 0.05) is 0 Å². The van der Waals surface area contributed by atoms with Gasteiger partial charge in [-0.25, -0.2) is 0 Å². The highest BCUT2D eigenvalue weighted by molar-refractivity contribution is 5.81. The van der Waals surface area contributed by atoms with Crippen LogP contribution < -0.4 is 11.1 Å². The van der Waals surface area contributed by atoms with Crippen molar-refractivity contribution in [2.24, 2.45) is 11.7 Å². The first-order chi connectivity index (χ1) is 9.52. The summed E-state index contributed by atoms with van der Waals surface area (Å²) in [6.45, 7) is 4.07. The van der Waals surface area contributed by atoms with Crippen molar-refractivity contribution in [3.05, 3.63) is 35.9 Å². The smallest absolute Gasteiger partial charge is 0.237 e. The van der Waals surface area contributed by atoms with Gasteiger partial charge in [-0.05, 0) is 30.7 Å². The number of aryl methyl sites for hydroxylation is 1. The van der Waals surface area contributed by atoms with Gasteiger partial charge >= 0.3 is 0 Å². The average molecular weight is 278 g/mol. The lowest BCUT2D eigenvalue weighted by molar-refractivity contribution is -0.123. The molecule has 4 heteroatoms. The summed E-state index contributed by atoms with van der Waals surface area (Å²) in [7, 11) is 0. The van der Waals surface area contributed by atoms with Gasteiger partial charge in [0.15, 0.2) is 0 Å². The van der Waals surface area contributed by atoms with E-state index in [0.29, 0.717) is 12.3 Å². The third kappa shape index (κ3) is 6.17. The summed E-state index contributed by atoms with van der Waals surface area (Å²) in [5.41, 5.74) is 7.08. The zero-order valence-electron chi connectivity index (χ0n) is 12.4. The molecule has 112 valence electrons. The molecule has 0 aliphatic carbocycles. The fourth-order valence-electron chi connectivity index (χ4n) is 2.15. The molecule has 0 aliphatic rings. The molecule has 0 spiro atoms. The number of nitrogens with two attached hydrogens (primary N) is 1. The Morgan fingerprint density at radius 3 is 2.50 bits per heavy atom. The first-order valence-electron chi connectivity index (χ1n) is 7.23. The fraction of sp³-hybridized carbons (Fsp3) is 0.562. The van der Waals surface area contributed by atoms with Gasteiger partial charge in [0.1, 0.15) is 0 Å². The number of nitrogens with one attached hydrogen (secondary N) is 1. The molecule has 0 saturated carbocycles. The predicted octanol–water partition coefficient (Wildman–Crippen LogP) is 1.47. The van der Waals surface area contributed by atoms with Crippen LogP contribution in [0.4, 0.5) is 0 Å². The summed E-state index contributed by atoms with van der Waals surface area (Å²) in [5, 5.41) is 12.1. The monoisotopic (exact) mass is 278 g/mol. The van der Waals surface area contributed by atoms with E-state index in [1.54, 1.807) is 0 Å². The highest BCUT2D eigenvalue weighted by Crippen LogP contribution is 2.06. The molecule has 0 radical (unpaired) electrons. The molecule has 20 heavy (non-hydrogen) atoms. The summed E-state index contributed by atoms with van der Waals surface area (Å²) >= 11 is 0. The van der Waals surface area contributed by atoms with E-state index < -0.39 is 6.04 Å². The third-order valence-electron chi connectivity index (χ3n) is 3.25. The van der Waals surface area contributed by atoms with E-state index in [-0.39, 0.29) is 18.6 Å². The average Bonchev–Trinajstić information content (AvgIpc) is 2.44. The van der Waals surface area contributed by atoms with E-state index in [2.05, 4.69) is 19.2 Å². The maximum atomic E-state index is 12.0. The summed E-state index contributed by atoms with van der Waals surface area (Å²) < 4.78 is 0. The van der Waals surface area contributed by atoms with Crippen LogP contribution in [0.15, 0.2) is 30.3 Å². The van der Waals surface area contributed by atoms with Crippen LogP contribution in [0.2, 0.25) is 0 Å². The minimum atomic E-state index is -0.531. The lowest BCUT2D eigenvalue weighted by atomic mass is 10.0. The molecular weight excluding hydrogens is 252 g/mol. The summed E-state index contributed by atoms with van der Waals surface area (Å²) in [4.78, 5) is 12.0. The minimum Gasteiger partial charge on any atom is -0.394 e. The Morgan fingerprint density at radius 1 is 1.30 bits per heavy atom. The van der Waals surface area contributed by atoms with Crippen molar-refractivity contribution < 1.29 is 9.90 Å². The van der Waals surface area contributed by atoms with Gasteiger partial charge in [0.05, 0.1) is 18.7 Å². The van der Waals surface area contributed by atoms with Gasteiger partial charge in [0.2, 0.25) is 5.91 Å². The number of amides is 1. The van der Waals surface area contributed by atoms with Gasteiger partial charge in [0.25, 0.3) is 0 Å². The number of aliphatic hydroxyl groups excluding tert-OH is 1. The Kier molecular flexibility index (Phi) is 7.26. The van der Waals surface area contributed by atoms with Crippen LogP contribution in [0.5, 0.6) is 0 Å². The summed E-state index contributed by atoms with van der Waals surface area (Å²) in [6, 6.07) is 9.24. The zero-order chi connectivity index (χ0) is 15.0. The van der Waals surface area contributed by atoms with Crippen molar-refractivity contribution in [1.29, 1.82) is 0 Å². The normalized spacial score (nSPS) is 14.1. The van der Waals surface area contributed by atoms with Crippen LogP contribution in [0, 0.1) is 5.92 Å². The molecule has 4 N–H and O–H groups in total. The second-order valence-corrected chi connectivity index (χ2v) is 5.65. The Bertz CT molecular complexity index is 393. The maximum absolute atomic E-state index is 12.0. The van der Waals surface area contributed by atoms with Crippen molar-refractivity contribution in [3.63, 3.8) is 0 Å². The first kappa shape index (κ1) is 16.7. The topological polar surface area (TPSA) is 75.3 Å². The molecule has 0 aliphatic heterocycles. The molecule has 0 saturated heterocycles. The van der Waals surface area contributed by atoms with Crippen molar-refractivity contribution in [2.45, 2.75) is 45.2 Å². The van der Waals surface area contributed by atoms with Crippen molar-refractivity contribution in [3.8, 4) is 0 Å². The number of aliphatic hydroxyl groups is 1. The standard InChI is InChI=1S/C16H26N2O2/c1-12(2)10-14(11-19)18-16(20)15(17)9-8-13-6-4-3-5-7-13/h3-7,12,14-15,19H,8-11,17H2,1-2H3,(H,18,20). The van der Waals surface area contributed by atoms with Crippen LogP contribution in [0.25, 0.3) is 0 Å². The molecule has 1 rings (SSSR count). The molecular formula is C16H26N2O2. The highest BCUT2D eigenvalue weighted by Gasteiger charge is 2.18. The molecule has 1 amide bonds. The molecule has 2 atom stereocenters. The number of carbonyl (C=O) groups is 1. The van der Waals surface area contributed by atoms with E-state index in [1.165, 1.54) is 5.56 Å². The second-order valence-electron chi connectivity index (χ2n) is 5.65. The highest BCUT2D eigenvalue weighted by atomic mass is 16.3. The van der Waals surface area contributed by atoms with Crippen LogP contribution in [0.1, 0.15) is 32.3 Å². The predicted molar refractivity (Wildman–Crippen MR) is 81.2 cm³/mol. The number of rotatable bonds is 8. The third-order valence-corrected chi connectivity index (χ3v) is 3.25. The Morgan fingerprint density at radius 2 is 1.95 bits per heavy atom. The molecule has 1 aromatic carbocycles. The quantitative estimate of drug-likeness (QED) is 0.674. The lowest BCUT2D eigenvalue weighted by Gasteiger charge is -2.20. The van der Waals surface area contributed by atoms with Gasteiger partial charge in [-0.15, -0.1) is 0 Å². The van der Waals surface area contributed by atoms with Crippen LogP contribution in [-0.2, 0) is 11.2 Å². The van der Waals surface area contributed by atoms with Gasteiger partial charge < -0.3 is 16.2 Å². The number of hydrogen-bond donors (Lipinski definition) is 3. The second kappa shape index (κ2) is 8.72. The molecule has 2 unspecified atom stereocenters. The molecule has 0 aromatic heterocycles. The van der Waals surface area contributed by atoms with E-state index in [4.69, 9.17) is 5.73 Å². The van der Waals surface area contributed by atoms with Gasteiger partial charge in [-0.2, -0.15) is 0 Å². The van der Waals surface area contributed by atoms with Crippen LogP contribution in [0.3, 0.4) is 0 Å².